The van der Waals surface area contributed by atoms with Gasteiger partial charge in [-0.1, -0.05) is 12.1 Å². The summed E-state index contributed by atoms with van der Waals surface area (Å²) in [7, 11) is 0. The van der Waals surface area contributed by atoms with E-state index in [0.717, 1.165) is 5.56 Å². The minimum Gasteiger partial charge on any atom is -0.469 e. The fraction of sp³-hybridized carbons (Fsp3) is 0.154. The molecule has 0 bridgehead atoms. The summed E-state index contributed by atoms with van der Waals surface area (Å²) < 4.78 is 5.07. The molecule has 0 spiro atoms. The van der Waals surface area contributed by atoms with Crippen LogP contribution in [0, 0.1) is 6.92 Å². The second-order valence-corrected chi connectivity index (χ2v) is 3.76. The van der Waals surface area contributed by atoms with Crippen molar-refractivity contribution < 1.29 is 14.3 Å². The van der Waals surface area contributed by atoms with Gasteiger partial charge in [-0.05, 0) is 30.7 Å². The van der Waals surface area contributed by atoms with Crippen molar-refractivity contribution in [2.24, 2.45) is 0 Å². The summed E-state index contributed by atoms with van der Waals surface area (Å²) in [6.45, 7) is 1.78. The van der Waals surface area contributed by atoms with Crippen LogP contribution in [0.2, 0.25) is 0 Å². The van der Waals surface area contributed by atoms with E-state index >= 15 is 0 Å². The van der Waals surface area contributed by atoms with Gasteiger partial charge in [-0.2, -0.15) is 0 Å². The zero-order valence-electron chi connectivity index (χ0n) is 9.43. The maximum absolute atomic E-state index is 11.8. The largest absolute Gasteiger partial charge is 0.469 e. The molecule has 0 fully saturated rings. The van der Waals surface area contributed by atoms with Gasteiger partial charge in [0.05, 0.1) is 12.2 Å². The predicted octanol–water partition coefficient (Wildman–Crippen LogP) is 2.33. The van der Waals surface area contributed by atoms with Gasteiger partial charge in [-0.3, -0.25) is 4.79 Å². The van der Waals surface area contributed by atoms with Crippen molar-refractivity contribution >= 4 is 11.6 Å². The van der Waals surface area contributed by atoms with Crippen molar-refractivity contribution in [3.05, 3.63) is 53.5 Å². The zero-order chi connectivity index (χ0) is 12.3. The Morgan fingerprint density at radius 1 is 1.35 bits per heavy atom. The molecule has 1 aromatic heterocycles. The Bertz CT molecular complexity index is 514. The van der Waals surface area contributed by atoms with E-state index in [1.54, 1.807) is 37.3 Å². The van der Waals surface area contributed by atoms with E-state index in [4.69, 9.17) is 9.52 Å². The van der Waals surface area contributed by atoms with Crippen LogP contribution in [0.5, 0.6) is 0 Å². The number of nitrogens with one attached hydrogen (secondary N) is 1. The molecule has 1 aromatic carbocycles. The highest BCUT2D eigenvalue weighted by atomic mass is 16.3. The summed E-state index contributed by atoms with van der Waals surface area (Å²) in [6, 6.07) is 8.69. The van der Waals surface area contributed by atoms with Gasteiger partial charge in [0.1, 0.15) is 12.0 Å². The molecular formula is C13H13NO3. The summed E-state index contributed by atoms with van der Waals surface area (Å²) in [5.41, 5.74) is 1.99. The van der Waals surface area contributed by atoms with Gasteiger partial charge < -0.3 is 14.8 Å². The van der Waals surface area contributed by atoms with E-state index in [1.165, 1.54) is 6.26 Å². The first-order valence-electron chi connectivity index (χ1n) is 5.25. The van der Waals surface area contributed by atoms with E-state index in [2.05, 4.69) is 5.32 Å². The van der Waals surface area contributed by atoms with Crippen LogP contribution < -0.4 is 5.32 Å². The Morgan fingerprint density at radius 3 is 2.59 bits per heavy atom. The third-order valence-electron chi connectivity index (χ3n) is 2.39. The van der Waals surface area contributed by atoms with Crippen molar-refractivity contribution in [1.82, 2.24) is 0 Å². The first-order valence-corrected chi connectivity index (χ1v) is 5.25. The number of hydrogen-bond donors (Lipinski definition) is 2. The molecule has 0 atom stereocenters. The molecule has 4 heteroatoms. The maximum Gasteiger partial charge on any atom is 0.258 e. The van der Waals surface area contributed by atoms with Gasteiger partial charge in [0, 0.05) is 5.69 Å². The van der Waals surface area contributed by atoms with Crippen molar-refractivity contribution in [3.63, 3.8) is 0 Å². The molecule has 0 aliphatic carbocycles. The van der Waals surface area contributed by atoms with Crippen molar-refractivity contribution in [2.45, 2.75) is 13.5 Å². The lowest BCUT2D eigenvalue weighted by Gasteiger charge is -2.03. The Morgan fingerprint density at radius 2 is 2.06 bits per heavy atom. The molecule has 1 amide bonds. The van der Waals surface area contributed by atoms with Gasteiger partial charge in [0.25, 0.3) is 5.91 Å². The SMILES string of the molecule is Cc1cc(C(=O)Nc2ccc(CO)cc2)co1. The number of rotatable bonds is 3. The van der Waals surface area contributed by atoms with Crippen molar-refractivity contribution in [3.8, 4) is 0 Å². The summed E-state index contributed by atoms with van der Waals surface area (Å²) in [4.78, 5) is 11.8. The summed E-state index contributed by atoms with van der Waals surface area (Å²) >= 11 is 0. The minimum absolute atomic E-state index is 0.00481. The molecule has 2 aromatic rings. The highest BCUT2D eigenvalue weighted by Gasteiger charge is 2.08. The van der Waals surface area contributed by atoms with Gasteiger partial charge in [0.2, 0.25) is 0 Å². The Kier molecular flexibility index (Phi) is 3.25. The summed E-state index contributed by atoms with van der Waals surface area (Å²) in [5.74, 6) is 0.490. The number of hydrogen-bond acceptors (Lipinski definition) is 3. The molecule has 2 N–H and O–H groups in total. The van der Waals surface area contributed by atoms with Crippen LogP contribution in [0.15, 0.2) is 41.0 Å². The number of aryl methyl sites for hydroxylation is 1. The highest BCUT2D eigenvalue weighted by Crippen LogP contribution is 2.12. The fourth-order valence-electron chi connectivity index (χ4n) is 1.46. The van der Waals surface area contributed by atoms with E-state index in [9.17, 15) is 4.79 Å². The Balaban J connectivity index is 2.07. The van der Waals surface area contributed by atoms with E-state index in [-0.39, 0.29) is 12.5 Å². The fourth-order valence-corrected chi connectivity index (χ4v) is 1.46. The first-order chi connectivity index (χ1) is 8.19. The van der Waals surface area contributed by atoms with Crippen LogP contribution in [-0.4, -0.2) is 11.0 Å². The van der Waals surface area contributed by atoms with Crippen LogP contribution in [-0.2, 0) is 6.61 Å². The molecule has 4 nitrogen and oxygen atoms in total. The lowest BCUT2D eigenvalue weighted by atomic mass is 10.2. The Hall–Kier alpha value is -2.07. The smallest absolute Gasteiger partial charge is 0.258 e. The molecular weight excluding hydrogens is 218 g/mol. The average Bonchev–Trinajstić information content (AvgIpc) is 2.77. The van der Waals surface area contributed by atoms with Gasteiger partial charge >= 0.3 is 0 Å². The number of amides is 1. The standard InChI is InChI=1S/C13H13NO3/c1-9-6-11(8-17-9)13(16)14-12-4-2-10(7-15)3-5-12/h2-6,8,15H,7H2,1H3,(H,14,16). The van der Waals surface area contributed by atoms with Crippen molar-refractivity contribution in [1.29, 1.82) is 0 Å². The number of aliphatic hydroxyl groups excluding tert-OH is 1. The Labute approximate surface area is 98.9 Å². The topological polar surface area (TPSA) is 62.5 Å². The quantitative estimate of drug-likeness (QED) is 0.852. The predicted molar refractivity (Wildman–Crippen MR) is 63.8 cm³/mol. The molecule has 2 rings (SSSR count). The molecule has 0 aliphatic rings. The van der Waals surface area contributed by atoms with Gasteiger partial charge in [0.15, 0.2) is 0 Å². The minimum atomic E-state index is -0.210. The lowest BCUT2D eigenvalue weighted by molar-refractivity contribution is 0.102. The van der Waals surface area contributed by atoms with E-state index < -0.39 is 0 Å². The van der Waals surface area contributed by atoms with Crippen LogP contribution in [0.1, 0.15) is 21.7 Å². The van der Waals surface area contributed by atoms with Crippen molar-refractivity contribution in [2.75, 3.05) is 5.32 Å². The molecule has 0 saturated carbocycles. The molecule has 0 radical (unpaired) electrons. The van der Waals surface area contributed by atoms with Crippen LogP contribution in [0.3, 0.4) is 0 Å². The number of anilines is 1. The molecule has 0 aliphatic heterocycles. The monoisotopic (exact) mass is 231 g/mol. The number of benzene rings is 1. The third-order valence-corrected chi connectivity index (χ3v) is 2.39. The lowest BCUT2D eigenvalue weighted by Crippen LogP contribution is -2.10. The van der Waals surface area contributed by atoms with Gasteiger partial charge in [-0.25, -0.2) is 0 Å². The molecule has 1 heterocycles. The number of aliphatic hydroxyl groups is 1. The number of carbonyl (C=O) groups excluding carboxylic acids is 1. The van der Waals surface area contributed by atoms with Gasteiger partial charge in [-0.15, -0.1) is 0 Å². The second-order valence-electron chi connectivity index (χ2n) is 3.76. The third kappa shape index (κ3) is 2.73. The van der Waals surface area contributed by atoms with Crippen LogP contribution in [0.4, 0.5) is 5.69 Å². The number of carbonyl (C=O) groups is 1. The number of furan rings is 1. The zero-order valence-corrected chi connectivity index (χ0v) is 9.43. The van der Waals surface area contributed by atoms with E-state index in [0.29, 0.717) is 17.0 Å². The molecule has 0 saturated heterocycles. The van der Waals surface area contributed by atoms with Crippen LogP contribution in [0.25, 0.3) is 0 Å². The normalized spacial score (nSPS) is 10.2. The second kappa shape index (κ2) is 4.84. The van der Waals surface area contributed by atoms with E-state index in [1.807, 2.05) is 0 Å². The molecule has 88 valence electrons. The molecule has 17 heavy (non-hydrogen) atoms. The van der Waals surface area contributed by atoms with Crippen LogP contribution >= 0.6 is 0 Å². The summed E-state index contributed by atoms with van der Waals surface area (Å²) in [5, 5.41) is 11.6. The first kappa shape index (κ1) is 11.4. The summed E-state index contributed by atoms with van der Waals surface area (Å²) in [6.07, 6.45) is 1.42. The average molecular weight is 231 g/mol. The maximum atomic E-state index is 11.8. The molecule has 0 unspecified atom stereocenters. The highest BCUT2D eigenvalue weighted by molar-refractivity contribution is 6.04.